The van der Waals surface area contributed by atoms with E-state index < -0.39 is 6.10 Å². The van der Waals surface area contributed by atoms with Gasteiger partial charge in [-0.25, -0.2) is 0 Å². The number of likely N-dealkylation sites (tertiary alicyclic amines) is 1. The van der Waals surface area contributed by atoms with E-state index in [1.807, 2.05) is 25.1 Å². The lowest BCUT2D eigenvalue weighted by Crippen LogP contribution is -2.42. The first kappa shape index (κ1) is 18.7. The van der Waals surface area contributed by atoms with Crippen LogP contribution in [-0.2, 0) is 17.9 Å². The van der Waals surface area contributed by atoms with Gasteiger partial charge in [0.15, 0.2) is 0 Å². The maximum Gasteiger partial charge on any atom is 0.217 e. The second-order valence-corrected chi connectivity index (χ2v) is 6.26. The number of amides is 1. The summed E-state index contributed by atoms with van der Waals surface area (Å²) in [6.07, 6.45) is 0.853. The van der Waals surface area contributed by atoms with E-state index in [0.29, 0.717) is 13.0 Å². The van der Waals surface area contributed by atoms with Gasteiger partial charge in [0.1, 0.15) is 5.75 Å². The van der Waals surface area contributed by atoms with E-state index in [1.54, 1.807) is 0 Å². The molecule has 0 aromatic heterocycles. The third kappa shape index (κ3) is 5.19. The Bertz CT molecular complexity index is 550. The van der Waals surface area contributed by atoms with Gasteiger partial charge < -0.3 is 20.3 Å². The van der Waals surface area contributed by atoms with Gasteiger partial charge in [0.05, 0.1) is 25.4 Å². The van der Waals surface area contributed by atoms with Crippen LogP contribution in [0.25, 0.3) is 0 Å². The second-order valence-electron chi connectivity index (χ2n) is 6.26. The highest BCUT2D eigenvalue weighted by molar-refractivity contribution is 5.73. The van der Waals surface area contributed by atoms with Crippen LogP contribution in [0.1, 0.15) is 37.8 Å². The first-order valence-corrected chi connectivity index (χ1v) is 8.56. The standard InChI is InChI=1S/C18H28N2O4/c1-3-24-18-5-4-14(10-15(18)12-21)11-20-8-6-16(19-13(2)22)17(23)7-9-20/h4-5,10,16-17,21,23H,3,6-9,11-12H2,1-2H3,(H,19,22)/t16-,17-/m0/s1. The lowest BCUT2D eigenvalue weighted by molar-refractivity contribution is -0.120. The van der Waals surface area contributed by atoms with E-state index in [4.69, 9.17) is 4.74 Å². The molecular weight excluding hydrogens is 308 g/mol. The van der Waals surface area contributed by atoms with Crippen molar-refractivity contribution in [2.45, 2.75) is 52.0 Å². The summed E-state index contributed by atoms with van der Waals surface area (Å²) >= 11 is 0. The summed E-state index contributed by atoms with van der Waals surface area (Å²) in [5.41, 5.74) is 1.90. The molecule has 3 N–H and O–H groups in total. The zero-order chi connectivity index (χ0) is 17.5. The fourth-order valence-corrected chi connectivity index (χ4v) is 3.14. The number of benzene rings is 1. The van der Waals surface area contributed by atoms with Crippen LogP contribution < -0.4 is 10.1 Å². The zero-order valence-corrected chi connectivity index (χ0v) is 14.5. The number of hydrogen-bond acceptors (Lipinski definition) is 5. The Morgan fingerprint density at radius 3 is 2.79 bits per heavy atom. The molecule has 6 nitrogen and oxygen atoms in total. The molecule has 24 heavy (non-hydrogen) atoms. The van der Waals surface area contributed by atoms with E-state index >= 15 is 0 Å². The Balaban J connectivity index is 1.99. The number of rotatable bonds is 6. The van der Waals surface area contributed by atoms with Gasteiger partial charge in [-0.1, -0.05) is 6.07 Å². The molecule has 1 amide bonds. The molecule has 1 aliphatic heterocycles. The van der Waals surface area contributed by atoms with E-state index in [-0.39, 0.29) is 18.6 Å². The molecular formula is C18H28N2O4. The maximum absolute atomic E-state index is 11.2. The molecule has 2 rings (SSSR count). The van der Waals surface area contributed by atoms with Gasteiger partial charge in [-0.2, -0.15) is 0 Å². The third-order valence-electron chi connectivity index (χ3n) is 4.35. The fourth-order valence-electron chi connectivity index (χ4n) is 3.14. The van der Waals surface area contributed by atoms with Crippen LogP contribution in [-0.4, -0.2) is 52.9 Å². The minimum atomic E-state index is -0.507. The number of carbonyl (C=O) groups excluding carboxylic acids is 1. The van der Waals surface area contributed by atoms with E-state index in [0.717, 1.165) is 42.9 Å². The van der Waals surface area contributed by atoms with Crippen LogP contribution in [0.2, 0.25) is 0 Å². The lowest BCUT2D eigenvalue weighted by atomic mass is 10.1. The number of hydrogen-bond donors (Lipinski definition) is 3. The monoisotopic (exact) mass is 336 g/mol. The molecule has 1 fully saturated rings. The molecule has 0 aliphatic carbocycles. The van der Waals surface area contributed by atoms with Gasteiger partial charge >= 0.3 is 0 Å². The minimum Gasteiger partial charge on any atom is -0.494 e. The first-order chi connectivity index (χ1) is 11.5. The highest BCUT2D eigenvalue weighted by atomic mass is 16.5. The van der Waals surface area contributed by atoms with Crippen molar-refractivity contribution < 1.29 is 19.7 Å². The van der Waals surface area contributed by atoms with Crippen molar-refractivity contribution in [1.29, 1.82) is 0 Å². The summed E-state index contributed by atoms with van der Waals surface area (Å²) in [4.78, 5) is 13.5. The topological polar surface area (TPSA) is 82.0 Å². The van der Waals surface area contributed by atoms with Crippen LogP contribution >= 0.6 is 0 Å². The van der Waals surface area contributed by atoms with Crippen LogP contribution in [0.3, 0.4) is 0 Å². The summed E-state index contributed by atoms with van der Waals surface area (Å²) < 4.78 is 5.51. The summed E-state index contributed by atoms with van der Waals surface area (Å²) in [5.74, 6) is 0.618. The Morgan fingerprint density at radius 2 is 2.12 bits per heavy atom. The molecule has 6 heteroatoms. The first-order valence-electron chi connectivity index (χ1n) is 8.56. The Hall–Kier alpha value is -1.63. The normalized spacial score (nSPS) is 22.0. The predicted molar refractivity (Wildman–Crippen MR) is 91.7 cm³/mol. The maximum atomic E-state index is 11.2. The molecule has 1 aromatic carbocycles. The van der Waals surface area contributed by atoms with E-state index in [2.05, 4.69) is 10.2 Å². The van der Waals surface area contributed by atoms with Crippen LogP contribution in [0.5, 0.6) is 5.75 Å². The number of ether oxygens (including phenoxy) is 1. The fraction of sp³-hybridized carbons (Fsp3) is 0.611. The van der Waals surface area contributed by atoms with E-state index in [9.17, 15) is 15.0 Å². The minimum absolute atomic E-state index is 0.0491. The van der Waals surface area contributed by atoms with Crippen LogP contribution in [0.4, 0.5) is 0 Å². The van der Waals surface area contributed by atoms with Crippen molar-refractivity contribution in [2.75, 3.05) is 19.7 Å². The Morgan fingerprint density at radius 1 is 1.38 bits per heavy atom. The molecule has 134 valence electrons. The van der Waals surface area contributed by atoms with Gasteiger partial charge in [0, 0.05) is 32.1 Å². The van der Waals surface area contributed by atoms with Gasteiger partial charge in [0.2, 0.25) is 5.91 Å². The lowest BCUT2D eigenvalue weighted by Gasteiger charge is -2.21. The molecule has 2 atom stereocenters. The van der Waals surface area contributed by atoms with Gasteiger partial charge in [-0.15, -0.1) is 0 Å². The second kappa shape index (κ2) is 9.01. The van der Waals surface area contributed by atoms with Crippen molar-refractivity contribution in [3.63, 3.8) is 0 Å². The van der Waals surface area contributed by atoms with E-state index in [1.165, 1.54) is 6.92 Å². The Labute approximate surface area is 143 Å². The number of nitrogens with zero attached hydrogens (tertiary/aromatic N) is 1. The predicted octanol–water partition coefficient (Wildman–Crippen LogP) is 1.04. The molecule has 0 radical (unpaired) electrons. The van der Waals surface area contributed by atoms with Gasteiger partial charge in [-0.3, -0.25) is 9.69 Å². The largest absolute Gasteiger partial charge is 0.494 e. The average Bonchev–Trinajstić information content (AvgIpc) is 2.72. The third-order valence-corrected chi connectivity index (χ3v) is 4.35. The molecule has 0 unspecified atom stereocenters. The van der Waals surface area contributed by atoms with Gasteiger partial charge in [-0.05, 0) is 37.5 Å². The molecule has 1 aromatic rings. The number of aliphatic hydroxyl groups excluding tert-OH is 2. The molecule has 1 heterocycles. The SMILES string of the molecule is CCOc1ccc(CN2CC[C@H](NC(C)=O)[C@@H](O)CC2)cc1CO. The smallest absolute Gasteiger partial charge is 0.217 e. The quantitative estimate of drug-likeness (QED) is 0.723. The Kier molecular flexibility index (Phi) is 7.02. The highest BCUT2D eigenvalue weighted by Crippen LogP contribution is 2.22. The molecule has 0 spiro atoms. The summed E-state index contributed by atoms with van der Waals surface area (Å²) in [7, 11) is 0. The van der Waals surface area contributed by atoms with Crippen molar-refractivity contribution in [2.24, 2.45) is 0 Å². The van der Waals surface area contributed by atoms with Crippen molar-refractivity contribution >= 4 is 5.91 Å². The average molecular weight is 336 g/mol. The van der Waals surface area contributed by atoms with Gasteiger partial charge in [0.25, 0.3) is 0 Å². The van der Waals surface area contributed by atoms with Crippen molar-refractivity contribution in [1.82, 2.24) is 10.2 Å². The molecule has 0 saturated carbocycles. The number of nitrogens with one attached hydrogen (secondary N) is 1. The number of carbonyl (C=O) groups is 1. The summed E-state index contributed by atoms with van der Waals surface area (Å²) in [5, 5.41) is 22.5. The van der Waals surface area contributed by atoms with Crippen LogP contribution in [0, 0.1) is 0 Å². The summed E-state index contributed by atoms with van der Waals surface area (Å²) in [6.45, 7) is 6.25. The molecule has 0 bridgehead atoms. The number of aliphatic hydroxyl groups is 2. The highest BCUT2D eigenvalue weighted by Gasteiger charge is 2.25. The molecule has 1 aliphatic rings. The summed E-state index contributed by atoms with van der Waals surface area (Å²) in [6, 6.07) is 5.70. The van der Waals surface area contributed by atoms with Crippen LogP contribution in [0.15, 0.2) is 18.2 Å². The molecule has 1 saturated heterocycles. The van der Waals surface area contributed by atoms with Crippen molar-refractivity contribution in [3.8, 4) is 5.75 Å². The zero-order valence-electron chi connectivity index (χ0n) is 14.5. The van der Waals surface area contributed by atoms with Crippen molar-refractivity contribution in [3.05, 3.63) is 29.3 Å².